The number of nitrogens with one attached hydrogen (secondary N) is 1. The largest absolute Gasteiger partial charge is 0.488 e. The van der Waals surface area contributed by atoms with Crippen LogP contribution in [-0.2, 0) is 16.2 Å². The summed E-state index contributed by atoms with van der Waals surface area (Å²) in [5.74, 6) is -0.482. The van der Waals surface area contributed by atoms with Gasteiger partial charge in [0, 0.05) is 0 Å². The Morgan fingerprint density at radius 3 is 2.51 bits per heavy atom. The van der Waals surface area contributed by atoms with E-state index in [1.807, 2.05) is 30.3 Å². The molecule has 5 nitrogen and oxygen atoms in total. The van der Waals surface area contributed by atoms with Crippen molar-refractivity contribution in [3.63, 3.8) is 0 Å². The van der Waals surface area contributed by atoms with E-state index in [4.69, 9.17) is 40.2 Å². The standard InChI is InChI=1S/C28H17Cl2IN2O3S/c29-21-6-3-7-23(25(21)30)33-27(35)20(26(34)32-28(33)37)13-16-9-11-24(22(31)14-16)36-15-17-8-10-18-4-1-2-5-19(18)12-17/h1-14H,15H2,(H,32,34,37)/b20-13+. The Kier molecular flexibility index (Phi) is 7.48. The molecule has 1 fully saturated rings. The summed E-state index contributed by atoms with van der Waals surface area (Å²) in [7, 11) is 0. The number of amides is 2. The molecule has 1 aliphatic rings. The molecular formula is C28H17Cl2IN2O3S. The van der Waals surface area contributed by atoms with Gasteiger partial charge in [-0.1, -0.05) is 71.7 Å². The van der Waals surface area contributed by atoms with Gasteiger partial charge in [0.15, 0.2) is 5.11 Å². The molecule has 0 radical (unpaired) electrons. The Hall–Kier alpha value is -2.98. The Morgan fingerprint density at radius 2 is 1.73 bits per heavy atom. The second-order valence-corrected chi connectivity index (χ2v) is 10.5. The summed E-state index contributed by atoms with van der Waals surface area (Å²) in [6.07, 6.45) is 1.51. The molecule has 5 rings (SSSR count). The molecular weight excluding hydrogens is 642 g/mol. The van der Waals surface area contributed by atoms with Gasteiger partial charge in [0.25, 0.3) is 11.8 Å². The third-order valence-corrected chi connectivity index (χ3v) is 7.69. The van der Waals surface area contributed by atoms with Crippen molar-refractivity contribution in [2.45, 2.75) is 6.61 Å². The van der Waals surface area contributed by atoms with Gasteiger partial charge in [0.05, 0.1) is 19.3 Å². The number of hydrogen-bond acceptors (Lipinski definition) is 4. The molecule has 184 valence electrons. The third kappa shape index (κ3) is 5.36. The zero-order valence-corrected chi connectivity index (χ0v) is 23.5. The topological polar surface area (TPSA) is 58.6 Å². The summed E-state index contributed by atoms with van der Waals surface area (Å²) < 4.78 is 6.88. The van der Waals surface area contributed by atoms with Gasteiger partial charge in [-0.05, 0) is 93.1 Å². The van der Waals surface area contributed by atoms with Gasteiger partial charge in [0.1, 0.15) is 17.9 Å². The maximum atomic E-state index is 13.3. The highest BCUT2D eigenvalue weighted by Gasteiger charge is 2.35. The second kappa shape index (κ2) is 10.8. The van der Waals surface area contributed by atoms with E-state index >= 15 is 0 Å². The lowest BCUT2D eigenvalue weighted by atomic mass is 10.1. The van der Waals surface area contributed by atoms with E-state index in [2.05, 4.69) is 52.2 Å². The number of nitrogens with zero attached hydrogens (tertiary/aromatic N) is 1. The van der Waals surface area contributed by atoms with E-state index in [0.29, 0.717) is 23.6 Å². The zero-order valence-electron chi connectivity index (χ0n) is 19.0. The molecule has 2 amide bonds. The fourth-order valence-electron chi connectivity index (χ4n) is 3.92. The van der Waals surface area contributed by atoms with Gasteiger partial charge in [-0.15, -0.1) is 0 Å². The summed E-state index contributed by atoms with van der Waals surface area (Å²) >= 11 is 19.8. The van der Waals surface area contributed by atoms with Crippen molar-refractivity contribution in [3.8, 4) is 5.75 Å². The van der Waals surface area contributed by atoms with Crippen molar-refractivity contribution in [2.24, 2.45) is 0 Å². The number of rotatable bonds is 5. The van der Waals surface area contributed by atoms with Gasteiger partial charge >= 0.3 is 0 Å². The minimum absolute atomic E-state index is 0.0664. The summed E-state index contributed by atoms with van der Waals surface area (Å²) in [6, 6.07) is 24.7. The molecule has 0 aromatic heterocycles. The van der Waals surface area contributed by atoms with E-state index in [1.54, 1.807) is 24.3 Å². The van der Waals surface area contributed by atoms with Gasteiger partial charge < -0.3 is 4.74 Å². The fourth-order valence-corrected chi connectivity index (χ4v) is 5.27. The molecule has 37 heavy (non-hydrogen) atoms. The molecule has 0 atom stereocenters. The van der Waals surface area contributed by atoms with E-state index in [-0.39, 0.29) is 20.7 Å². The van der Waals surface area contributed by atoms with Crippen LogP contribution in [0, 0.1) is 3.57 Å². The molecule has 0 aliphatic carbocycles. The van der Waals surface area contributed by atoms with Crippen molar-refractivity contribution in [1.29, 1.82) is 0 Å². The van der Waals surface area contributed by atoms with Gasteiger partial charge in [-0.3, -0.25) is 19.8 Å². The molecule has 0 saturated carbocycles. The Morgan fingerprint density at radius 1 is 0.946 bits per heavy atom. The fraction of sp³-hybridized carbons (Fsp3) is 0.0357. The predicted molar refractivity (Wildman–Crippen MR) is 160 cm³/mol. The van der Waals surface area contributed by atoms with Crippen LogP contribution in [0.4, 0.5) is 5.69 Å². The molecule has 1 N–H and O–H groups in total. The van der Waals surface area contributed by atoms with Crippen LogP contribution in [0.2, 0.25) is 10.0 Å². The molecule has 4 aromatic rings. The Labute approximate surface area is 242 Å². The first-order valence-corrected chi connectivity index (χ1v) is 13.3. The summed E-state index contributed by atoms with van der Waals surface area (Å²) in [5.41, 5.74) is 1.93. The van der Waals surface area contributed by atoms with Crippen LogP contribution in [0.15, 0.2) is 84.4 Å². The average molecular weight is 659 g/mol. The predicted octanol–water partition coefficient (Wildman–Crippen LogP) is 7.16. The van der Waals surface area contributed by atoms with Crippen LogP contribution in [-0.4, -0.2) is 16.9 Å². The third-order valence-electron chi connectivity index (χ3n) is 5.75. The quantitative estimate of drug-likeness (QED) is 0.107. The smallest absolute Gasteiger partial charge is 0.270 e. The first-order valence-electron chi connectivity index (χ1n) is 11.1. The normalized spacial score (nSPS) is 14.8. The van der Waals surface area contributed by atoms with E-state index in [1.165, 1.54) is 16.4 Å². The van der Waals surface area contributed by atoms with Crippen molar-refractivity contribution < 1.29 is 14.3 Å². The van der Waals surface area contributed by atoms with Crippen molar-refractivity contribution in [3.05, 3.63) is 109 Å². The molecule has 0 bridgehead atoms. The van der Waals surface area contributed by atoms with Crippen LogP contribution in [0.1, 0.15) is 11.1 Å². The average Bonchev–Trinajstić information content (AvgIpc) is 2.88. The highest BCUT2D eigenvalue weighted by atomic mass is 127. The number of halogens is 3. The van der Waals surface area contributed by atoms with Crippen molar-refractivity contribution in [1.82, 2.24) is 5.32 Å². The van der Waals surface area contributed by atoms with Crippen molar-refractivity contribution in [2.75, 3.05) is 4.90 Å². The van der Waals surface area contributed by atoms with Crippen molar-refractivity contribution >= 4 is 97.5 Å². The first kappa shape index (κ1) is 25.7. The minimum Gasteiger partial charge on any atom is -0.488 e. The lowest BCUT2D eigenvalue weighted by molar-refractivity contribution is -0.122. The van der Waals surface area contributed by atoms with Crippen LogP contribution in [0.25, 0.3) is 16.8 Å². The number of carbonyl (C=O) groups is 2. The molecule has 1 aliphatic heterocycles. The number of benzene rings is 4. The second-order valence-electron chi connectivity index (χ2n) is 8.19. The highest BCUT2D eigenvalue weighted by Crippen LogP contribution is 2.34. The molecule has 1 saturated heterocycles. The molecule has 1 heterocycles. The van der Waals surface area contributed by atoms with Gasteiger partial charge in [-0.25, -0.2) is 0 Å². The molecule has 4 aromatic carbocycles. The maximum Gasteiger partial charge on any atom is 0.270 e. The maximum absolute atomic E-state index is 13.3. The highest BCUT2D eigenvalue weighted by molar-refractivity contribution is 14.1. The number of ether oxygens (including phenoxy) is 1. The number of fused-ring (bicyclic) bond motifs is 1. The van der Waals surface area contributed by atoms with Crippen LogP contribution in [0.3, 0.4) is 0 Å². The number of thiocarbonyl (C=S) groups is 1. The Balaban J connectivity index is 1.37. The van der Waals surface area contributed by atoms with Gasteiger partial charge in [-0.2, -0.15) is 0 Å². The number of anilines is 1. The van der Waals surface area contributed by atoms with E-state index in [0.717, 1.165) is 14.5 Å². The lowest BCUT2D eigenvalue weighted by Crippen LogP contribution is -2.54. The zero-order chi connectivity index (χ0) is 26.1. The summed E-state index contributed by atoms with van der Waals surface area (Å²) in [6.45, 7) is 0.412. The SMILES string of the molecule is O=C1NC(=S)N(c2cccc(Cl)c2Cl)C(=O)/C1=C/c1ccc(OCc2ccc3ccccc3c2)c(I)c1. The van der Waals surface area contributed by atoms with E-state index < -0.39 is 11.8 Å². The summed E-state index contributed by atoms with van der Waals surface area (Å²) in [4.78, 5) is 27.1. The molecule has 9 heteroatoms. The Bertz CT molecular complexity index is 1620. The van der Waals surface area contributed by atoms with Crippen LogP contribution in [0.5, 0.6) is 5.75 Å². The number of carbonyl (C=O) groups excluding carboxylic acids is 2. The van der Waals surface area contributed by atoms with Crippen LogP contribution < -0.4 is 15.0 Å². The van der Waals surface area contributed by atoms with E-state index in [9.17, 15) is 9.59 Å². The molecule has 0 spiro atoms. The lowest BCUT2D eigenvalue weighted by Gasteiger charge is -2.29. The summed E-state index contributed by atoms with van der Waals surface area (Å²) in [5, 5.41) is 5.25. The monoisotopic (exact) mass is 658 g/mol. The first-order chi connectivity index (χ1) is 17.8. The minimum atomic E-state index is -0.593. The van der Waals surface area contributed by atoms with Gasteiger partial charge in [0.2, 0.25) is 0 Å². The van der Waals surface area contributed by atoms with Crippen LogP contribution >= 0.6 is 58.0 Å². The molecule has 0 unspecified atom stereocenters. The number of hydrogen-bond donors (Lipinski definition) is 1.